The first-order valence-corrected chi connectivity index (χ1v) is 4.73. The van der Waals surface area contributed by atoms with E-state index in [0.717, 1.165) is 12.2 Å². The fraction of sp³-hybridized carbons (Fsp3) is 0.455. The van der Waals surface area contributed by atoms with Crippen molar-refractivity contribution in [3.63, 3.8) is 0 Å². The van der Waals surface area contributed by atoms with Crippen molar-refractivity contribution in [1.82, 2.24) is 5.32 Å². The highest BCUT2D eigenvalue weighted by atomic mass is 16.5. The Morgan fingerprint density at radius 1 is 1.50 bits per heavy atom. The molecule has 0 saturated heterocycles. The molecular weight excluding hydrogens is 178 g/mol. The van der Waals surface area contributed by atoms with Gasteiger partial charge in [-0.1, -0.05) is 12.1 Å². The quantitative estimate of drug-likeness (QED) is 0.693. The van der Waals surface area contributed by atoms with Gasteiger partial charge in [0.05, 0.1) is 13.8 Å². The summed E-state index contributed by atoms with van der Waals surface area (Å²) in [6.45, 7) is 2.06. The van der Waals surface area contributed by atoms with Gasteiger partial charge in [0.2, 0.25) is 0 Å². The van der Waals surface area contributed by atoms with Crippen LogP contribution in [0.2, 0.25) is 0 Å². The van der Waals surface area contributed by atoms with Crippen LogP contribution in [0.1, 0.15) is 12.5 Å². The van der Waals surface area contributed by atoms with E-state index in [1.807, 2.05) is 25.1 Å². The van der Waals surface area contributed by atoms with Gasteiger partial charge in [0, 0.05) is 6.04 Å². The lowest BCUT2D eigenvalue weighted by Gasteiger charge is -2.12. The van der Waals surface area contributed by atoms with E-state index in [1.165, 1.54) is 5.56 Å². The molecule has 0 aromatic heterocycles. The number of ether oxygens (including phenoxy) is 1. The number of hydrogen-bond acceptors (Lipinski definition) is 3. The lowest BCUT2D eigenvalue weighted by molar-refractivity contribution is 0.244. The Balaban J connectivity index is 2.57. The van der Waals surface area contributed by atoms with E-state index >= 15 is 0 Å². The number of rotatable bonds is 5. The Morgan fingerprint density at radius 3 is 2.93 bits per heavy atom. The molecule has 1 aromatic carbocycles. The van der Waals surface area contributed by atoms with Gasteiger partial charge in [-0.2, -0.15) is 0 Å². The lowest BCUT2D eigenvalue weighted by Crippen LogP contribution is -2.28. The molecule has 3 nitrogen and oxygen atoms in total. The van der Waals surface area contributed by atoms with Crippen molar-refractivity contribution in [2.24, 2.45) is 0 Å². The summed E-state index contributed by atoms with van der Waals surface area (Å²) in [5.41, 5.74) is 1.21. The lowest BCUT2D eigenvalue weighted by atomic mass is 10.1. The van der Waals surface area contributed by atoms with E-state index in [-0.39, 0.29) is 12.8 Å². The first kappa shape index (κ1) is 11.0. The molecule has 0 aliphatic carbocycles. The highest BCUT2D eigenvalue weighted by molar-refractivity contribution is 5.28. The fourth-order valence-corrected chi connectivity index (χ4v) is 1.38. The molecule has 3 heteroatoms. The summed E-state index contributed by atoms with van der Waals surface area (Å²) >= 11 is 0. The second kappa shape index (κ2) is 5.62. The van der Waals surface area contributed by atoms with Crippen LogP contribution in [-0.2, 0) is 6.42 Å². The molecule has 2 N–H and O–H groups in total. The molecule has 1 unspecified atom stereocenters. The number of methoxy groups -OCH3 is 1. The molecule has 0 bridgehead atoms. The molecule has 0 fully saturated rings. The molecule has 1 atom stereocenters. The van der Waals surface area contributed by atoms with E-state index in [9.17, 15) is 0 Å². The van der Waals surface area contributed by atoms with Crippen molar-refractivity contribution in [3.8, 4) is 5.75 Å². The average molecular weight is 195 g/mol. The monoisotopic (exact) mass is 195 g/mol. The molecule has 1 rings (SSSR count). The third kappa shape index (κ3) is 3.36. The number of benzene rings is 1. The zero-order valence-corrected chi connectivity index (χ0v) is 8.66. The Labute approximate surface area is 84.7 Å². The fourth-order valence-electron chi connectivity index (χ4n) is 1.38. The zero-order valence-electron chi connectivity index (χ0n) is 8.66. The summed E-state index contributed by atoms with van der Waals surface area (Å²) in [4.78, 5) is 0. The minimum absolute atomic E-state index is 0.0190. The number of hydrogen-bond donors (Lipinski definition) is 2. The van der Waals surface area contributed by atoms with Gasteiger partial charge in [-0.3, -0.25) is 5.32 Å². The molecule has 0 aliphatic heterocycles. The van der Waals surface area contributed by atoms with Crippen LogP contribution in [0.3, 0.4) is 0 Å². The van der Waals surface area contributed by atoms with Gasteiger partial charge < -0.3 is 9.84 Å². The van der Waals surface area contributed by atoms with Gasteiger partial charge in [-0.05, 0) is 31.0 Å². The summed E-state index contributed by atoms with van der Waals surface area (Å²) in [5.74, 6) is 0.874. The van der Waals surface area contributed by atoms with Gasteiger partial charge in [0.1, 0.15) is 5.75 Å². The number of aliphatic hydroxyl groups excluding tert-OH is 1. The highest BCUT2D eigenvalue weighted by Gasteiger charge is 2.02. The third-order valence-corrected chi connectivity index (χ3v) is 2.12. The molecule has 14 heavy (non-hydrogen) atoms. The van der Waals surface area contributed by atoms with Crippen LogP contribution in [-0.4, -0.2) is 25.0 Å². The Morgan fingerprint density at radius 2 is 2.29 bits per heavy atom. The second-order valence-corrected chi connectivity index (χ2v) is 3.32. The van der Waals surface area contributed by atoms with E-state index in [1.54, 1.807) is 7.11 Å². The van der Waals surface area contributed by atoms with Crippen LogP contribution in [0, 0.1) is 0 Å². The Bertz CT molecular complexity index is 276. The summed E-state index contributed by atoms with van der Waals surface area (Å²) < 4.78 is 5.13. The Hall–Kier alpha value is -1.06. The van der Waals surface area contributed by atoms with Crippen LogP contribution in [0.4, 0.5) is 0 Å². The van der Waals surface area contributed by atoms with Crippen molar-refractivity contribution < 1.29 is 9.84 Å². The molecule has 0 spiro atoms. The van der Waals surface area contributed by atoms with E-state index in [0.29, 0.717) is 0 Å². The molecule has 78 valence electrons. The van der Waals surface area contributed by atoms with Crippen LogP contribution < -0.4 is 10.1 Å². The highest BCUT2D eigenvalue weighted by Crippen LogP contribution is 2.13. The summed E-state index contributed by atoms with van der Waals surface area (Å²) in [6, 6.07) is 8.23. The van der Waals surface area contributed by atoms with Crippen molar-refractivity contribution in [2.75, 3.05) is 13.8 Å². The predicted molar refractivity (Wildman–Crippen MR) is 56.4 cm³/mol. The van der Waals surface area contributed by atoms with E-state index in [2.05, 4.69) is 11.4 Å². The SMILES string of the molecule is COc1cccc(CC(C)NCO)c1. The molecule has 0 radical (unpaired) electrons. The standard InChI is InChI=1S/C11H17NO2/c1-9(12-8-13)6-10-4-3-5-11(7-10)14-2/h3-5,7,9,12-13H,6,8H2,1-2H3. The van der Waals surface area contributed by atoms with Gasteiger partial charge in [-0.25, -0.2) is 0 Å². The summed E-state index contributed by atoms with van der Waals surface area (Å²) in [7, 11) is 1.66. The van der Waals surface area contributed by atoms with Gasteiger partial charge in [0.25, 0.3) is 0 Å². The topological polar surface area (TPSA) is 41.5 Å². The van der Waals surface area contributed by atoms with E-state index in [4.69, 9.17) is 9.84 Å². The van der Waals surface area contributed by atoms with Crippen LogP contribution in [0.15, 0.2) is 24.3 Å². The molecule has 0 amide bonds. The van der Waals surface area contributed by atoms with Crippen LogP contribution in [0.25, 0.3) is 0 Å². The van der Waals surface area contributed by atoms with E-state index < -0.39 is 0 Å². The largest absolute Gasteiger partial charge is 0.497 e. The predicted octanol–water partition coefficient (Wildman–Crippen LogP) is 1.17. The van der Waals surface area contributed by atoms with Crippen LogP contribution in [0.5, 0.6) is 5.75 Å². The number of nitrogens with one attached hydrogen (secondary N) is 1. The van der Waals surface area contributed by atoms with Gasteiger partial charge in [0.15, 0.2) is 0 Å². The zero-order chi connectivity index (χ0) is 10.4. The molecule has 0 heterocycles. The summed E-state index contributed by atoms with van der Waals surface area (Å²) in [6.07, 6.45) is 0.887. The van der Waals surface area contributed by atoms with Crippen molar-refractivity contribution >= 4 is 0 Å². The minimum Gasteiger partial charge on any atom is -0.497 e. The minimum atomic E-state index is 0.0190. The molecule has 0 saturated carbocycles. The summed E-state index contributed by atoms with van der Waals surface area (Å²) in [5, 5.41) is 11.6. The normalized spacial score (nSPS) is 12.5. The smallest absolute Gasteiger partial charge is 0.119 e. The molecule has 0 aliphatic rings. The third-order valence-electron chi connectivity index (χ3n) is 2.12. The van der Waals surface area contributed by atoms with Crippen molar-refractivity contribution in [3.05, 3.63) is 29.8 Å². The maximum Gasteiger partial charge on any atom is 0.119 e. The maximum atomic E-state index is 8.68. The Kier molecular flexibility index (Phi) is 4.43. The number of aliphatic hydroxyl groups is 1. The average Bonchev–Trinajstić information content (AvgIpc) is 2.18. The van der Waals surface area contributed by atoms with Crippen LogP contribution >= 0.6 is 0 Å². The van der Waals surface area contributed by atoms with Gasteiger partial charge in [-0.15, -0.1) is 0 Å². The van der Waals surface area contributed by atoms with Gasteiger partial charge >= 0.3 is 0 Å². The second-order valence-electron chi connectivity index (χ2n) is 3.32. The van der Waals surface area contributed by atoms with Crippen molar-refractivity contribution in [2.45, 2.75) is 19.4 Å². The first-order valence-electron chi connectivity index (χ1n) is 4.73. The molecular formula is C11H17NO2. The van der Waals surface area contributed by atoms with Crippen molar-refractivity contribution in [1.29, 1.82) is 0 Å². The first-order chi connectivity index (χ1) is 6.76. The maximum absolute atomic E-state index is 8.68. The molecule has 1 aromatic rings.